The minimum absolute atomic E-state index is 0.111. The first kappa shape index (κ1) is 13.7. The molecule has 0 radical (unpaired) electrons. The van der Waals surface area contributed by atoms with Crippen LogP contribution in [0.5, 0.6) is 0 Å². The Morgan fingerprint density at radius 3 is 2.82 bits per heavy atom. The lowest BCUT2D eigenvalue weighted by Crippen LogP contribution is -2.47. The van der Waals surface area contributed by atoms with Gasteiger partial charge in [-0.25, -0.2) is 4.79 Å². The Labute approximate surface area is 101 Å². The zero-order valence-electron chi connectivity index (χ0n) is 10.3. The number of esters is 2. The van der Waals surface area contributed by atoms with E-state index in [4.69, 9.17) is 0 Å². The second kappa shape index (κ2) is 6.37. The summed E-state index contributed by atoms with van der Waals surface area (Å²) >= 11 is 0. The highest BCUT2D eigenvalue weighted by molar-refractivity contribution is 5.94. The molecule has 17 heavy (non-hydrogen) atoms. The first-order valence-corrected chi connectivity index (χ1v) is 6.09. The van der Waals surface area contributed by atoms with Gasteiger partial charge in [0.15, 0.2) is 0 Å². The monoisotopic (exact) mass is 241 g/mol. The van der Waals surface area contributed by atoms with Gasteiger partial charge in [0, 0.05) is 12.3 Å². The average molecular weight is 241 g/mol. The number of nitrogens with one attached hydrogen (secondary N) is 1. The van der Waals surface area contributed by atoms with Crippen molar-refractivity contribution in [3.8, 4) is 0 Å². The van der Waals surface area contributed by atoms with Crippen LogP contribution in [0.4, 0.5) is 0 Å². The van der Waals surface area contributed by atoms with Gasteiger partial charge in [-0.15, -0.1) is 0 Å². The van der Waals surface area contributed by atoms with Gasteiger partial charge in [-0.3, -0.25) is 9.59 Å². The second-order valence-corrected chi connectivity index (χ2v) is 4.44. The van der Waals surface area contributed by atoms with Crippen molar-refractivity contribution >= 4 is 17.8 Å². The fourth-order valence-electron chi connectivity index (χ4n) is 1.70. The van der Waals surface area contributed by atoms with E-state index in [1.807, 2.05) is 6.92 Å². The highest BCUT2D eigenvalue weighted by Crippen LogP contribution is 2.12. The van der Waals surface area contributed by atoms with Gasteiger partial charge in [0.25, 0.3) is 0 Å². The number of carbonyl (C=O) groups is 3. The molecule has 0 saturated carbocycles. The first-order chi connectivity index (χ1) is 8.04. The molecule has 0 aliphatic carbocycles. The third kappa shape index (κ3) is 4.17. The number of amides is 1. The average Bonchev–Trinajstić information content (AvgIpc) is 2.29. The van der Waals surface area contributed by atoms with Crippen LogP contribution in [0.3, 0.4) is 0 Å². The number of unbranched alkanes of at least 4 members (excludes halogenated alkanes) is 1. The molecular weight excluding hydrogens is 222 g/mol. The molecule has 1 aliphatic rings. The van der Waals surface area contributed by atoms with Crippen LogP contribution in [0.2, 0.25) is 0 Å². The van der Waals surface area contributed by atoms with Gasteiger partial charge in [-0.05, 0) is 12.8 Å². The highest BCUT2D eigenvalue weighted by Gasteiger charge is 2.30. The second-order valence-electron chi connectivity index (χ2n) is 4.44. The molecule has 1 heterocycles. The summed E-state index contributed by atoms with van der Waals surface area (Å²) < 4.78 is 4.47. The molecule has 5 heteroatoms. The van der Waals surface area contributed by atoms with Gasteiger partial charge in [-0.2, -0.15) is 0 Å². The van der Waals surface area contributed by atoms with Crippen molar-refractivity contribution in [1.29, 1.82) is 0 Å². The fourth-order valence-corrected chi connectivity index (χ4v) is 1.70. The highest BCUT2D eigenvalue weighted by atomic mass is 16.6. The predicted molar refractivity (Wildman–Crippen MR) is 61.0 cm³/mol. The largest absolute Gasteiger partial charge is 0.392 e. The molecule has 0 spiro atoms. The summed E-state index contributed by atoms with van der Waals surface area (Å²) in [5.41, 5.74) is 0. The summed E-state index contributed by atoms with van der Waals surface area (Å²) in [6.07, 6.45) is 3.35. The van der Waals surface area contributed by atoms with Crippen molar-refractivity contribution in [2.45, 2.75) is 52.0 Å². The molecular formula is C12H19NO4. The third-order valence-corrected chi connectivity index (χ3v) is 2.89. The van der Waals surface area contributed by atoms with Crippen molar-refractivity contribution in [1.82, 2.24) is 5.32 Å². The van der Waals surface area contributed by atoms with Crippen LogP contribution in [0.1, 0.15) is 46.0 Å². The van der Waals surface area contributed by atoms with Crippen LogP contribution in [-0.2, 0) is 19.1 Å². The molecule has 1 amide bonds. The SMILES string of the molecule is CCCCC(C)C(=O)N[C@H]1CCC(=O)OC1=O. The van der Waals surface area contributed by atoms with Crippen molar-refractivity contribution in [2.24, 2.45) is 5.92 Å². The number of ether oxygens (including phenoxy) is 1. The Morgan fingerprint density at radius 1 is 1.53 bits per heavy atom. The molecule has 1 saturated heterocycles. The Hall–Kier alpha value is -1.39. The van der Waals surface area contributed by atoms with Gasteiger partial charge in [0.2, 0.25) is 5.91 Å². The van der Waals surface area contributed by atoms with Crippen molar-refractivity contribution in [2.75, 3.05) is 0 Å². The van der Waals surface area contributed by atoms with E-state index in [0.717, 1.165) is 19.3 Å². The van der Waals surface area contributed by atoms with Gasteiger partial charge in [-0.1, -0.05) is 26.7 Å². The predicted octanol–water partition coefficient (Wildman–Crippen LogP) is 1.16. The van der Waals surface area contributed by atoms with E-state index < -0.39 is 18.0 Å². The topological polar surface area (TPSA) is 72.5 Å². The van der Waals surface area contributed by atoms with Crippen LogP contribution in [0, 0.1) is 5.92 Å². The summed E-state index contributed by atoms with van der Waals surface area (Å²) in [7, 11) is 0. The van der Waals surface area contributed by atoms with E-state index in [0.29, 0.717) is 6.42 Å². The Balaban J connectivity index is 2.40. The Morgan fingerprint density at radius 2 is 2.24 bits per heavy atom. The molecule has 5 nitrogen and oxygen atoms in total. The smallest absolute Gasteiger partial charge is 0.336 e. The molecule has 0 bridgehead atoms. The summed E-state index contributed by atoms with van der Waals surface area (Å²) in [6, 6.07) is -0.663. The van der Waals surface area contributed by atoms with Crippen LogP contribution < -0.4 is 5.32 Å². The normalized spacial score (nSPS) is 21.9. The lowest BCUT2D eigenvalue weighted by Gasteiger charge is -2.22. The van der Waals surface area contributed by atoms with Crippen LogP contribution in [0.25, 0.3) is 0 Å². The zero-order valence-corrected chi connectivity index (χ0v) is 10.3. The molecule has 1 aliphatic heterocycles. The van der Waals surface area contributed by atoms with E-state index in [2.05, 4.69) is 17.0 Å². The van der Waals surface area contributed by atoms with Crippen LogP contribution >= 0.6 is 0 Å². The number of hydrogen-bond donors (Lipinski definition) is 1. The number of rotatable bonds is 5. The molecule has 1 unspecified atom stereocenters. The minimum atomic E-state index is -0.663. The van der Waals surface area contributed by atoms with E-state index in [-0.39, 0.29) is 18.2 Å². The molecule has 1 N–H and O–H groups in total. The Bertz CT molecular complexity index is 314. The van der Waals surface area contributed by atoms with Gasteiger partial charge >= 0.3 is 11.9 Å². The quantitative estimate of drug-likeness (QED) is 0.579. The fraction of sp³-hybridized carbons (Fsp3) is 0.750. The molecule has 2 atom stereocenters. The number of carbonyl (C=O) groups excluding carboxylic acids is 3. The zero-order chi connectivity index (χ0) is 12.8. The molecule has 0 aromatic rings. The maximum absolute atomic E-state index is 11.7. The molecule has 1 fully saturated rings. The first-order valence-electron chi connectivity index (χ1n) is 6.09. The molecule has 1 rings (SSSR count). The van der Waals surface area contributed by atoms with Gasteiger partial charge in [0.05, 0.1) is 0 Å². The summed E-state index contributed by atoms with van der Waals surface area (Å²) in [4.78, 5) is 33.9. The minimum Gasteiger partial charge on any atom is -0.392 e. The third-order valence-electron chi connectivity index (χ3n) is 2.89. The van der Waals surface area contributed by atoms with E-state index >= 15 is 0 Å². The maximum Gasteiger partial charge on any atom is 0.336 e. The van der Waals surface area contributed by atoms with Crippen molar-refractivity contribution in [3.05, 3.63) is 0 Å². The van der Waals surface area contributed by atoms with E-state index in [9.17, 15) is 14.4 Å². The van der Waals surface area contributed by atoms with Crippen LogP contribution in [0.15, 0.2) is 0 Å². The number of cyclic esters (lactones) is 2. The van der Waals surface area contributed by atoms with Crippen LogP contribution in [-0.4, -0.2) is 23.9 Å². The number of hydrogen-bond acceptors (Lipinski definition) is 4. The Kier molecular flexibility index (Phi) is 5.12. The standard InChI is InChI=1S/C12H19NO4/c1-3-4-5-8(2)11(15)13-9-6-7-10(14)17-12(9)16/h8-9H,3-7H2,1-2H3,(H,13,15)/t8?,9-/m0/s1. The maximum atomic E-state index is 11.7. The van der Waals surface area contributed by atoms with E-state index in [1.54, 1.807) is 0 Å². The molecule has 0 aromatic carbocycles. The van der Waals surface area contributed by atoms with Gasteiger partial charge < -0.3 is 10.1 Å². The van der Waals surface area contributed by atoms with Crippen molar-refractivity contribution in [3.63, 3.8) is 0 Å². The lowest BCUT2D eigenvalue weighted by molar-refractivity contribution is -0.166. The molecule has 0 aromatic heterocycles. The van der Waals surface area contributed by atoms with Gasteiger partial charge in [0.1, 0.15) is 6.04 Å². The summed E-state index contributed by atoms with van der Waals surface area (Å²) in [5.74, 6) is -1.41. The van der Waals surface area contributed by atoms with E-state index in [1.165, 1.54) is 0 Å². The lowest BCUT2D eigenvalue weighted by atomic mass is 10.0. The van der Waals surface area contributed by atoms with Crippen molar-refractivity contribution < 1.29 is 19.1 Å². The summed E-state index contributed by atoms with van der Waals surface area (Å²) in [6.45, 7) is 3.90. The molecule has 96 valence electrons. The summed E-state index contributed by atoms with van der Waals surface area (Å²) in [5, 5.41) is 2.63.